The van der Waals surface area contributed by atoms with Gasteiger partial charge in [0.2, 0.25) is 5.95 Å². The SMILES string of the molecule is CCc1nnc(N2CCNCC2C)n1C. The molecule has 1 aliphatic rings. The molecule has 1 N–H and O–H groups in total. The van der Waals surface area contributed by atoms with Gasteiger partial charge >= 0.3 is 0 Å². The Labute approximate surface area is 90.5 Å². The van der Waals surface area contributed by atoms with E-state index in [1.54, 1.807) is 0 Å². The lowest BCUT2D eigenvalue weighted by Gasteiger charge is -2.34. The molecule has 0 amide bonds. The predicted molar refractivity (Wildman–Crippen MR) is 60.1 cm³/mol. The molecule has 0 bridgehead atoms. The highest BCUT2D eigenvalue weighted by molar-refractivity contribution is 5.33. The molecule has 5 nitrogen and oxygen atoms in total. The number of hydrogen-bond acceptors (Lipinski definition) is 4. The molecular weight excluding hydrogens is 190 g/mol. The predicted octanol–water partition coefficient (Wildman–Crippen LogP) is 0.176. The lowest BCUT2D eigenvalue weighted by atomic mass is 10.2. The Kier molecular flexibility index (Phi) is 2.90. The molecule has 1 aromatic rings. The summed E-state index contributed by atoms with van der Waals surface area (Å²) in [5, 5.41) is 11.8. The zero-order valence-corrected chi connectivity index (χ0v) is 9.69. The van der Waals surface area contributed by atoms with Crippen LogP contribution in [0.15, 0.2) is 0 Å². The molecule has 84 valence electrons. The number of piperazine rings is 1. The van der Waals surface area contributed by atoms with E-state index in [9.17, 15) is 0 Å². The highest BCUT2D eigenvalue weighted by Crippen LogP contribution is 2.15. The minimum atomic E-state index is 0.492. The second-order valence-corrected chi connectivity index (χ2v) is 4.08. The number of nitrogens with one attached hydrogen (secondary N) is 1. The average molecular weight is 209 g/mol. The Bertz CT molecular complexity index is 333. The molecule has 15 heavy (non-hydrogen) atoms. The van der Waals surface area contributed by atoms with Crippen LogP contribution in [0.3, 0.4) is 0 Å². The Morgan fingerprint density at radius 3 is 2.87 bits per heavy atom. The van der Waals surface area contributed by atoms with Crippen LogP contribution < -0.4 is 10.2 Å². The van der Waals surface area contributed by atoms with Gasteiger partial charge in [0, 0.05) is 39.1 Å². The lowest BCUT2D eigenvalue weighted by molar-refractivity contribution is 0.488. The van der Waals surface area contributed by atoms with E-state index in [1.165, 1.54) is 0 Å². The summed E-state index contributed by atoms with van der Waals surface area (Å²) in [4.78, 5) is 2.32. The number of aryl methyl sites for hydroxylation is 1. The first kappa shape index (κ1) is 10.4. The number of nitrogens with zero attached hydrogens (tertiary/aromatic N) is 4. The fourth-order valence-electron chi connectivity index (χ4n) is 2.05. The zero-order valence-electron chi connectivity index (χ0n) is 9.69. The number of anilines is 1. The maximum absolute atomic E-state index is 4.27. The van der Waals surface area contributed by atoms with Gasteiger partial charge in [-0.05, 0) is 6.92 Å². The van der Waals surface area contributed by atoms with Crippen LogP contribution in [0.5, 0.6) is 0 Å². The molecule has 1 saturated heterocycles. The van der Waals surface area contributed by atoms with Gasteiger partial charge in [-0.2, -0.15) is 0 Å². The number of hydrogen-bond donors (Lipinski definition) is 1. The van der Waals surface area contributed by atoms with E-state index in [4.69, 9.17) is 0 Å². The monoisotopic (exact) mass is 209 g/mol. The largest absolute Gasteiger partial charge is 0.336 e. The minimum Gasteiger partial charge on any atom is -0.336 e. The van der Waals surface area contributed by atoms with E-state index >= 15 is 0 Å². The summed E-state index contributed by atoms with van der Waals surface area (Å²) in [6, 6.07) is 0.492. The smallest absolute Gasteiger partial charge is 0.227 e. The minimum absolute atomic E-state index is 0.492. The van der Waals surface area contributed by atoms with Crippen molar-refractivity contribution in [3.63, 3.8) is 0 Å². The van der Waals surface area contributed by atoms with Crippen molar-refractivity contribution in [1.82, 2.24) is 20.1 Å². The van der Waals surface area contributed by atoms with Crippen molar-refractivity contribution >= 4 is 5.95 Å². The van der Waals surface area contributed by atoms with E-state index in [0.29, 0.717) is 6.04 Å². The summed E-state index contributed by atoms with van der Waals surface area (Å²) in [7, 11) is 2.04. The van der Waals surface area contributed by atoms with Crippen LogP contribution in [-0.4, -0.2) is 40.4 Å². The van der Waals surface area contributed by atoms with E-state index in [2.05, 4.69) is 38.8 Å². The molecule has 5 heteroatoms. The normalized spacial score (nSPS) is 22.1. The average Bonchev–Trinajstić information content (AvgIpc) is 2.60. The molecule has 1 fully saturated rings. The van der Waals surface area contributed by atoms with Crippen molar-refractivity contribution in [2.24, 2.45) is 7.05 Å². The summed E-state index contributed by atoms with van der Waals surface area (Å²) in [6.07, 6.45) is 0.934. The van der Waals surface area contributed by atoms with Crippen molar-refractivity contribution in [3.8, 4) is 0 Å². The second-order valence-electron chi connectivity index (χ2n) is 4.08. The first-order valence-electron chi connectivity index (χ1n) is 5.59. The molecule has 2 heterocycles. The third kappa shape index (κ3) is 1.84. The van der Waals surface area contributed by atoms with E-state index < -0.39 is 0 Å². The molecule has 2 rings (SSSR count). The second kappa shape index (κ2) is 4.18. The standard InChI is InChI=1S/C10H19N5/c1-4-9-12-13-10(14(9)3)15-6-5-11-7-8(15)2/h8,11H,4-7H2,1-3H3. The van der Waals surface area contributed by atoms with Crippen LogP contribution in [0.1, 0.15) is 19.7 Å². The molecule has 0 aromatic carbocycles. The van der Waals surface area contributed by atoms with Gasteiger partial charge in [-0.25, -0.2) is 0 Å². The van der Waals surface area contributed by atoms with Gasteiger partial charge in [-0.1, -0.05) is 6.92 Å². The third-order valence-electron chi connectivity index (χ3n) is 3.02. The molecule has 1 atom stereocenters. The molecule has 1 unspecified atom stereocenters. The van der Waals surface area contributed by atoms with Crippen LogP contribution in [0.2, 0.25) is 0 Å². The zero-order chi connectivity index (χ0) is 10.8. The Hall–Kier alpha value is -1.10. The van der Waals surface area contributed by atoms with Gasteiger partial charge in [0.05, 0.1) is 0 Å². The highest BCUT2D eigenvalue weighted by Gasteiger charge is 2.22. The number of rotatable bonds is 2. The van der Waals surface area contributed by atoms with Crippen LogP contribution in [-0.2, 0) is 13.5 Å². The summed E-state index contributed by atoms with van der Waals surface area (Å²) in [5.41, 5.74) is 0. The summed E-state index contributed by atoms with van der Waals surface area (Å²) in [5.74, 6) is 2.05. The molecule has 1 aliphatic heterocycles. The van der Waals surface area contributed by atoms with Crippen LogP contribution in [0, 0.1) is 0 Å². The van der Waals surface area contributed by atoms with Gasteiger partial charge in [0.15, 0.2) is 0 Å². The molecule has 0 saturated carbocycles. The quantitative estimate of drug-likeness (QED) is 0.754. The summed E-state index contributed by atoms with van der Waals surface area (Å²) >= 11 is 0. The maximum Gasteiger partial charge on any atom is 0.227 e. The van der Waals surface area contributed by atoms with Crippen LogP contribution in [0.25, 0.3) is 0 Å². The highest BCUT2D eigenvalue weighted by atomic mass is 15.4. The molecule has 1 aromatic heterocycles. The van der Waals surface area contributed by atoms with Gasteiger partial charge in [-0.15, -0.1) is 10.2 Å². The van der Waals surface area contributed by atoms with Crippen molar-refractivity contribution in [1.29, 1.82) is 0 Å². The van der Waals surface area contributed by atoms with Crippen molar-refractivity contribution in [3.05, 3.63) is 5.82 Å². The van der Waals surface area contributed by atoms with Crippen molar-refractivity contribution < 1.29 is 0 Å². The Morgan fingerprint density at radius 1 is 1.47 bits per heavy atom. The van der Waals surface area contributed by atoms with Crippen LogP contribution in [0.4, 0.5) is 5.95 Å². The van der Waals surface area contributed by atoms with E-state index in [-0.39, 0.29) is 0 Å². The number of aromatic nitrogens is 3. The van der Waals surface area contributed by atoms with Crippen LogP contribution >= 0.6 is 0 Å². The molecular formula is C10H19N5. The van der Waals surface area contributed by atoms with Gasteiger partial charge in [-0.3, -0.25) is 0 Å². The summed E-state index contributed by atoms with van der Waals surface area (Å²) < 4.78 is 2.10. The van der Waals surface area contributed by atoms with Crippen molar-refractivity contribution in [2.75, 3.05) is 24.5 Å². The topological polar surface area (TPSA) is 46.0 Å². The van der Waals surface area contributed by atoms with Gasteiger partial charge < -0.3 is 14.8 Å². The maximum atomic E-state index is 4.27. The Morgan fingerprint density at radius 2 is 2.27 bits per heavy atom. The third-order valence-corrected chi connectivity index (χ3v) is 3.02. The molecule has 0 radical (unpaired) electrons. The van der Waals surface area contributed by atoms with Gasteiger partial charge in [0.25, 0.3) is 0 Å². The fraction of sp³-hybridized carbons (Fsp3) is 0.800. The van der Waals surface area contributed by atoms with E-state index in [0.717, 1.165) is 37.8 Å². The fourth-order valence-corrected chi connectivity index (χ4v) is 2.05. The molecule has 0 aliphatic carbocycles. The van der Waals surface area contributed by atoms with Crippen molar-refractivity contribution in [2.45, 2.75) is 26.3 Å². The lowest BCUT2D eigenvalue weighted by Crippen LogP contribution is -2.50. The first-order chi connectivity index (χ1) is 7.24. The van der Waals surface area contributed by atoms with E-state index in [1.807, 2.05) is 7.05 Å². The first-order valence-corrected chi connectivity index (χ1v) is 5.59. The Balaban J connectivity index is 2.23. The van der Waals surface area contributed by atoms with Gasteiger partial charge in [0.1, 0.15) is 5.82 Å². The summed E-state index contributed by atoms with van der Waals surface area (Å²) in [6.45, 7) is 7.38. The molecule has 0 spiro atoms.